The number of nitrogens with two attached hydrogens (primary N) is 1. The molecule has 6 heteroatoms. The molecular formula is C15H22N2O4. The first-order valence-corrected chi connectivity index (χ1v) is 7.02. The number of methoxy groups -OCH3 is 2. The van der Waals surface area contributed by atoms with Crippen LogP contribution in [-0.2, 0) is 9.53 Å². The third kappa shape index (κ3) is 3.86. The van der Waals surface area contributed by atoms with Gasteiger partial charge in [-0.3, -0.25) is 4.79 Å². The van der Waals surface area contributed by atoms with Gasteiger partial charge in [0.15, 0.2) is 11.5 Å². The van der Waals surface area contributed by atoms with Crippen molar-refractivity contribution in [3.63, 3.8) is 0 Å². The van der Waals surface area contributed by atoms with Gasteiger partial charge in [-0.2, -0.15) is 0 Å². The van der Waals surface area contributed by atoms with Crippen LogP contribution in [0, 0.1) is 5.92 Å². The summed E-state index contributed by atoms with van der Waals surface area (Å²) >= 11 is 0. The molecule has 21 heavy (non-hydrogen) atoms. The lowest BCUT2D eigenvalue weighted by molar-refractivity contribution is -0.119. The van der Waals surface area contributed by atoms with E-state index < -0.39 is 6.04 Å². The number of carbonyl (C=O) groups is 1. The van der Waals surface area contributed by atoms with Gasteiger partial charge in [-0.1, -0.05) is 0 Å². The molecule has 1 fully saturated rings. The van der Waals surface area contributed by atoms with Crippen molar-refractivity contribution in [3.8, 4) is 11.5 Å². The Kier molecular flexibility index (Phi) is 5.41. The van der Waals surface area contributed by atoms with E-state index in [1.54, 1.807) is 32.4 Å². The largest absolute Gasteiger partial charge is 0.493 e. The standard InChI is InChI=1S/C15H22N2O4/c1-19-12-4-3-11(9-13(12)20-2)17-15(18)14(16)10-5-7-21-8-6-10/h3-4,9-10,14H,5-8,16H2,1-2H3,(H,17,18). The molecule has 0 spiro atoms. The predicted octanol–water partition coefficient (Wildman–Crippen LogP) is 1.40. The zero-order valence-corrected chi connectivity index (χ0v) is 12.4. The summed E-state index contributed by atoms with van der Waals surface area (Å²) in [6.45, 7) is 1.34. The molecule has 0 bridgehead atoms. The van der Waals surface area contributed by atoms with E-state index in [2.05, 4.69) is 5.32 Å². The van der Waals surface area contributed by atoms with Crippen molar-refractivity contribution in [2.45, 2.75) is 18.9 Å². The van der Waals surface area contributed by atoms with Gasteiger partial charge < -0.3 is 25.3 Å². The highest BCUT2D eigenvalue weighted by molar-refractivity contribution is 5.95. The van der Waals surface area contributed by atoms with Crippen LogP contribution in [0.3, 0.4) is 0 Å². The fourth-order valence-corrected chi connectivity index (χ4v) is 2.43. The molecular weight excluding hydrogens is 272 g/mol. The number of amides is 1. The average molecular weight is 294 g/mol. The minimum atomic E-state index is -0.526. The van der Waals surface area contributed by atoms with Crippen LogP contribution in [0.15, 0.2) is 18.2 Å². The van der Waals surface area contributed by atoms with E-state index in [4.69, 9.17) is 19.9 Å². The number of anilines is 1. The van der Waals surface area contributed by atoms with Crippen molar-refractivity contribution in [1.29, 1.82) is 0 Å². The topological polar surface area (TPSA) is 82.8 Å². The van der Waals surface area contributed by atoms with Gasteiger partial charge in [-0.05, 0) is 30.9 Å². The van der Waals surface area contributed by atoms with Gasteiger partial charge in [-0.25, -0.2) is 0 Å². The molecule has 0 aromatic heterocycles. The number of carbonyl (C=O) groups excluding carboxylic acids is 1. The van der Waals surface area contributed by atoms with Crippen LogP contribution >= 0.6 is 0 Å². The second-order valence-electron chi connectivity index (χ2n) is 5.03. The minimum absolute atomic E-state index is 0.166. The lowest BCUT2D eigenvalue weighted by Crippen LogP contribution is -2.44. The summed E-state index contributed by atoms with van der Waals surface area (Å²) in [6, 6.07) is 4.69. The fourth-order valence-electron chi connectivity index (χ4n) is 2.43. The third-order valence-corrected chi connectivity index (χ3v) is 3.73. The molecule has 1 unspecified atom stereocenters. The summed E-state index contributed by atoms with van der Waals surface area (Å²) in [4.78, 5) is 12.2. The van der Waals surface area contributed by atoms with E-state index in [1.807, 2.05) is 0 Å². The predicted molar refractivity (Wildman–Crippen MR) is 79.7 cm³/mol. The quantitative estimate of drug-likeness (QED) is 0.857. The molecule has 1 aromatic carbocycles. The van der Waals surface area contributed by atoms with Gasteiger partial charge in [0, 0.05) is 25.0 Å². The number of hydrogen-bond donors (Lipinski definition) is 2. The van der Waals surface area contributed by atoms with E-state index in [0.717, 1.165) is 12.8 Å². The zero-order chi connectivity index (χ0) is 15.2. The zero-order valence-electron chi connectivity index (χ0n) is 12.4. The van der Waals surface area contributed by atoms with Crippen LogP contribution in [0.2, 0.25) is 0 Å². The van der Waals surface area contributed by atoms with Gasteiger partial charge >= 0.3 is 0 Å². The number of nitrogens with one attached hydrogen (secondary N) is 1. The summed E-state index contributed by atoms with van der Waals surface area (Å²) in [6.07, 6.45) is 1.64. The SMILES string of the molecule is COc1ccc(NC(=O)C(N)C2CCOCC2)cc1OC. The number of benzene rings is 1. The molecule has 1 amide bonds. The maximum absolute atomic E-state index is 12.2. The van der Waals surface area contributed by atoms with E-state index in [9.17, 15) is 4.79 Å². The Morgan fingerprint density at radius 1 is 1.29 bits per heavy atom. The van der Waals surface area contributed by atoms with Crippen molar-refractivity contribution in [2.24, 2.45) is 11.7 Å². The van der Waals surface area contributed by atoms with Crippen LogP contribution in [-0.4, -0.2) is 39.4 Å². The smallest absolute Gasteiger partial charge is 0.241 e. The molecule has 0 radical (unpaired) electrons. The summed E-state index contributed by atoms with van der Waals surface area (Å²) in [5.74, 6) is 1.16. The molecule has 2 rings (SSSR count). The Labute approximate surface area is 124 Å². The maximum Gasteiger partial charge on any atom is 0.241 e. The molecule has 0 saturated carbocycles. The van der Waals surface area contributed by atoms with Gasteiger partial charge in [0.05, 0.1) is 20.3 Å². The summed E-state index contributed by atoms with van der Waals surface area (Å²) in [5, 5.41) is 2.82. The van der Waals surface area contributed by atoms with E-state index in [-0.39, 0.29) is 11.8 Å². The highest BCUT2D eigenvalue weighted by atomic mass is 16.5. The van der Waals surface area contributed by atoms with Gasteiger partial charge in [0.2, 0.25) is 5.91 Å². The molecule has 116 valence electrons. The van der Waals surface area contributed by atoms with Crippen LogP contribution in [0.5, 0.6) is 11.5 Å². The Bertz CT molecular complexity index is 487. The summed E-state index contributed by atoms with van der Waals surface area (Å²) in [5.41, 5.74) is 6.68. The second kappa shape index (κ2) is 7.28. The first kappa shape index (κ1) is 15.6. The number of rotatable bonds is 5. The molecule has 1 atom stereocenters. The average Bonchev–Trinajstić information content (AvgIpc) is 2.54. The molecule has 1 aliphatic heterocycles. The molecule has 6 nitrogen and oxygen atoms in total. The van der Waals surface area contributed by atoms with Crippen molar-refractivity contribution in [2.75, 3.05) is 32.8 Å². The monoisotopic (exact) mass is 294 g/mol. The summed E-state index contributed by atoms with van der Waals surface area (Å²) < 4.78 is 15.7. The first-order valence-electron chi connectivity index (χ1n) is 7.02. The fraction of sp³-hybridized carbons (Fsp3) is 0.533. The molecule has 1 saturated heterocycles. The van der Waals surface area contributed by atoms with Crippen molar-refractivity contribution >= 4 is 11.6 Å². The highest BCUT2D eigenvalue weighted by Gasteiger charge is 2.26. The summed E-state index contributed by atoms with van der Waals surface area (Å²) in [7, 11) is 3.12. The lowest BCUT2D eigenvalue weighted by atomic mass is 9.92. The van der Waals surface area contributed by atoms with Crippen LogP contribution in [0.25, 0.3) is 0 Å². The maximum atomic E-state index is 12.2. The van der Waals surface area contributed by atoms with Gasteiger partial charge in [0.25, 0.3) is 0 Å². The number of hydrogen-bond acceptors (Lipinski definition) is 5. The van der Waals surface area contributed by atoms with Crippen LogP contribution < -0.4 is 20.5 Å². The second-order valence-corrected chi connectivity index (χ2v) is 5.03. The molecule has 1 aromatic rings. The lowest BCUT2D eigenvalue weighted by Gasteiger charge is -2.26. The molecule has 3 N–H and O–H groups in total. The van der Waals surface area contributed by atoms with Crippen molar-refractivity contribution in [3.05, 3.63) is 18.2 Å². The Balaban J connectivity index is 2.01. The van der Waals surface area contributed by atoms with E-state index in [1.165, 1.54) is 0 Å². The minimum Gasteiger partial charge on any atom is -0.493 e. The van der Waals surface area contributed by atoms with Gasteiger partial charge in [-0.15, -0.1) is 0 Å². The normalized spacial score (nSPS) is 17.1. The highest BCUT2D eigenvalue weighted by Crippen LogP contribution is 2.30. The van der Waals surface area contributed by atoms with Gasteiger partial charge in [0.1, 0.15) is 0 Å². The van der Waals surface area contributed by atoms with E-state index >= 15 is 0 Å². The van der Waals surface area contributed by atoms with E-state index in [0.29, 0.717) is 30.4 Å². The van der Waals surface area contributed by atoms with Crippen molar-refractivity contribution in [1.82, 2.24) is 0 Å². The van der Waals surface area contributed by atoms with Crippen molar-refractivity contribution < 1.29 is 19.0 Å². The Morgan fingerprint density at radius 3 is 2.57 bits per heavy atom. The molecule has 1 aliphatic rings. The molecule has 0 aliphatic carbocycles. The van der Waals surface area contributed by atoms with Crippen LogP contribution in [0.4, 0.5) is 5.69 Å². The molecule has 1 heterocycles. The van der Waals surface area contributed by atoms with Crippen LogP contribution in [0.1, 0.15) is 12.8 Å². The number of ether oxygens (including phenoxy) is 3. The Hall–Kier alpha value is -1.79. The third-order valence-electron chi connectivity index (χ3n) is 3.73. The first-order chi connectivity index (χ1) is 10.2. The Morgan fingerprint density at radius 2 is 1.95 bits per heavy atom.